The van der Waals surface area contributed by atoms with E-state index in [0.29, 0.717) is 5.75 Å². The fourth-order valence-electron chi connectivity index (χ4n) is 1.08. The molecule has 1 amide bonds. The van der Waals surface area contributed by atoms with Crippen molar-refractivity contribution in [2.24, 2.45) is 5.10 Å². The molecule has 0 spiro atoms. The molecule has 0 saturated heterocycles. The van der Waals surface area contributed by atoms with Crippen LogP contribution in [0.1, 0.15) is 19.4 Å². The van der Waals surface area contributed by atoms with Gasteiger partial charge in [0, 0.05) is 6.92 Å². The van der Waals surface area contributed by atoms with Crippen molar-refractivity contribution in [1.29, 1.82) is 0 Å². The molecule has 0 aliphatic carbocycles. The number of carboxylic acids is 1. The number of hydrazone groups is 1. The van der Waals surface area contributed by atoms with E-state index in [2.05, 4.69) is 10.5 Å². The van der Waals surface area contributed by atoms with Crippen LogP contribution in [0, 0.1) is 0 Å². The van der Waals surface area contributed by atoms with E-state index in [1.54, 1.807) is 24.3 Å². The van der Waals surface area contributed by atoms with Crippen LogP contribution in [0.15, 0.2) is 29.4 Å². The molecule has 1 aromatic rings. The minimum atomic E-state index is -1.02. The van der Waals surface area contributed by atoms with Gasteiger partial charge in [-0.05, 0) is 36.8 Å². The number of carbonyl (C=O) groups excluding carboxylic acids is 1. The Morgan fingerprint density at radius 3 is 2.50 bits per heavy atom. The van der Waals surface area contributed by atoms with Crippen LogP contribution < -0.4 is 10.2 Å². The maximum Gasteiger partial charge on any atom is 0.344 e. The summed E-state index contributed by atoms with van der Waals surface area (Å²) >= 11 is 0. The van der Waals surface area contributed by atoms with Crippen LogP contribution in [-0.2, 0) is 9.59 Å². The molecule has 0 saturated carbocycles. The van der Waals surface area contributed by atoms with Crippen molar-refractivity contribution in [1.82, 2.24) is 5.43 Å². The average molecular weight is 250 g/mol. The highest BCUT2D eigenvalue weighted by Crippen LogP contribution is 2.13. The highest BCUT2D eigenvalue weighted by atomic mass is 16.5. The Hall–Kier alpha value is -2.37. The third-order valence-corrected chi connectivity index (χ3v) is 1.98. The third-order valence-electron chi connectivity index (χ3n) is 1.98. The van der Waals surface area contributed by atoms with Crippen molar-refractivity contribution in [3.63, 3.8) is 0 Å². The number of hydrogen-bond donors (Lipinski definition) is 2. The summed E-state index contributed by atoms with van der Waals surface area (Å²) in [7, 11) is 0. The fraction of sp³-hybridized carbons (Fsp3) is 0.250. The van der Waals surface area contributed by atoms with E-state index in [9.17, 15) is 9.59 Å². The molecule has 2 N–H and O–H groups in total. The lowest BCUT2D eigenvalue weighted by molar-refractivity contribution is -0.144. The second-order valence-electron chi connectivity index (χ2n) is 3.59. The van der Waals surface area contributed by atoms with Crippen molar-refractivity contribution >= 4 is 18.1 Å². The van der Waals surface area contributed by atoms with Crippen LogP contribution in [0.3, 0.4) is 0 Å². The number of benzene rings is 1. The molecule has 6 heteroatoms. The molecule has 0 heterocycles. The van der Waals surface area contributed by atoms with Gasteiger partial charge in [0.2, 0.25) is 5.91 Å². The summed E-state index contributed by atoms with van der Waals surface area (Å²) in [4.78, 5) is 21.2. The topological polar surface area (TPSA) is 88.0 Å². The molecule has 1 aromatic carbocycles. The molecule has 18 heavy (non-hydrogen) atoms. The minimum absolute atomic E-state index is 0.249. The number of nitrogens with one attached hydrogen (secondary N) is 1. The summed E-state index contributed by atoms with van der Waals surface area (Å²) in [5.74, 6) is -0.811. The van der Waals surface area contributed by atoms with Crippen LogP contribution in [0.2, 0.25) is 0 Å². The van der Waals surface area contributed by atoms with E-state index in [1.165, 1.54) is 20.1 Å². The number of hydrogen-bond acceptors (Lipinski definition) is 4. The predicted octanol–water partition coefficient (Wildman–Crippen LogP) is 1.01. The van der Waals surface area contributed by atoms with Crippen LogP contribution in [-0.4, -0.2) is 29.3 Å². The summed E-state index contributed by atoms with van der Waals surface area (Å²) in [6, 6.07) is 6.67. The molecule has 0 fully saturated rings. The van der Waals surface area contributed by atoms with Crippen molar-refractivity contribution in [3.8, 4) is 5.75 Å². The predicted molar refractivity (Wildman–Crippen MR) is 65.6 cm³/mol. The molecule has 96 valence electrons. The van der Waals surface area contributed by atoms with Crippen molar-refractivity contribution in [2.75, 3.05) is 0 Å². The van der Waals surface area contributed by atoms with Crippen molar-refractivity contribution in [3.05, 3.63) is 29.8 Å². The molecule has 1 rings (SSSR count). The highest BCUT2D eigenvalue weighted by molar-refractivity contribution is 5.81. The van der Waals surface area contributed by atoms with Gasteiger partial charge in [-0.3, -0.25) is 4.79 Å². The van der Waals surface area contributed by atoms with Crippen LogP contribution in [0.25, 0.3) is 0 Å². The lowest BCUT2D eigenvalue weighted by atomic mass is 10.2. The molecule has 1 atom stereocenters. The maximum absolute atomic E-state index is 10.6. The summed E-state index contributed by atoms with van der Waals surface area (Å²) in [5.41, 5.74) is 3.04. The van der Waals surface area contributed by atoms with Gasteiger partial charge >= 0.3 is 5.97 Å². The number of amides is 1. The molecule has 0 radical (unpaired) electrons. The van der Waals surface area contributed by atoms with Gasteiger partial charge < -0.3 is 9.84 Å². The maximum atomic E-state index is 10.6. The summed E-state index contributed by atoms with van der Waals surface area (Å²) < 4.78 is 5.16. The first-order chi connectivity index (χ1) is 8.49. The van der Waals surface area contributed by atoms with Crippen molar-refractivity contribution < 1.29 is 19.4 Å². The average Bonchev–Trinajstić information content (AvgIpc) is 2.30. The van der Waals surface area contributed by atoms with E-state index in [4.69, 9.17) is 9.84 Å². The molecule has 0 unspecified atom stereocenters. The lowest BCUT2D eigenvalue weighted by Crippen LogP contribution is -2.22. The van der Waals surface area contributed by atoms with E-state index >= 15 is 0 Å². The highest BCUT2D eigenvalue weighted by Gasteiger charge is 2.11. The standard InChI is InChI=1S/C12H14N2O4/c1-8(12(16)17)18-11-5-3-10(4-6-11)7-13-14-9(2)15/h3-8H,1-2H3,(H,14,15)(H,16,17)/b13-7-/t8-/m1/s1. The van der Waals surface area contributed by atoms with Crippen LogP contribution >= 0.6 is 0 Å². The van der Waals surface area contributed by atoms with E-state index in [0.717, 1.165) is 5.56 Å². The first kappa shape index (κ1) is 13.7. The summed E-state index contributed by atoms with van der Waals surface area (Å²) in [5, 5.41) is 12.4. The van der Waals surface area contributed by atoms with Gasteiger partial charge in [0.25, 0.3) is 0 Å². The largest absolute Gasteiger partial charge is 0.479 e. The van der Waals surface area contributed by atoms with Crippen molar-refractivity contribution in [2.45, 2.75) is 20.0 Å². The number of carboxylic acid groups (broad SMARTS) is 1. The summed E-state index contributed by atoms with van der Waals surface area (Å²) in [6.45, 7) is 2.82. The van der Waals surface area contributed by atoms with E-state index < -0.39 is 12.1 Å². The van der Waals surface area contributed by atoms with Gasteiger partial charge in [0.1, 0.15) is 5.75 Å². The monoisotopic (exact) mass is 250 g/mol. The molecule has 0 bridgehead atoms. The number of aliphatic carboxylic acids is 1. The minimum Gasteiger partial charge on any atom is -0.479 e. The fourth-order valence-corrected chi connectivity index (χ4v) is 1.08. The van der Waals surface area contributed by atoms with Gasteiger partial charge in [0.15, 0.2) is 6.10 Å². The van der Waals surface area contributed by atoms with Gasteiger partial charge in [-0.1, -0.05) is 0 Å². The molecule has 0 aliphatic rings. The second kappa shape index (κ2) is 6.39. The molecular weight excluding hydrogens is 236 g/mol. The van der Waals surface area contributed by atoms with E-state index in [1.807, 2.05) is 0 Å². The lowest BCUT2D eigenvalue weighted by Gasteiger charge is -2.09. The molecule has 6 nitrogen and oxygen atoms in total. The first-order valence-electron chi connectivity index (χ1n) is 5.28. The Kier molecular flexibility index (Phi) is 4.86. The molecular formula is C12H14N2O4. The Labute approximate surface area is 104 Å². The Bertz CT molecular complexity index is 454. The van der Waals surface area contributed by atoms with Gasteiger partial charge in [-0.25, -0.2) is 10.2 Å². The Morgan fingerprint density at radius 1 is 1.39 bits per heavy atom. The van der Waals surface area contributed by atoms with Gasteiger partial charge in [-0.2, -0.15) is 5.10 Å². The Morgan fingerprint density at radius 2 is 2.00 bits per heavy atom. The van der Waals surface area contributed by atoms with Gasteiger partial charge in [0.05, 0.1) is 6.21 Å². The smallest absolute Gasteiger partial charge is 0.344 e. The number of carbonyl (C=O) groups is 2. The number of rotatable bonds is 5. The summed E-state index contributed by atoms with van der Waals surface area (Å²) in [6.07, 6.45) is 0.579. The normalized spacial score (nSPS) is 12.1. The third kappa shape index (κ3) is 4.65. The van der Waals surface area contributed by atoms with Gasteiger partial charge in [-0.15, -0.1) is 0 Å². The quantitative estimate of drug-likeness (QED) is 0.603. The zero-order valence-corrected chi connectivity index (χ0v) is 10.1. The van der Waals surface area contributed by atoms with Crippen LogP contribution in [0.5, 0.6) is 5.75 Å². The number of ether oxygens (including phenoxy) is 1. The zero-order chi connectivity index (χ0) is 13.5. The first-order valence-corrected chi connectivity index (χ1v) is 5.28. The zero-order valence-electron chi connectivity index (χ0n) is 10.1. The molecule has 0 aromatic heterocycles. The molecule has 0 aliphatic heterocycles. The van der Waals surface area contributed by atoms with Crippen LogP contribution in [0.4, 0.5) is 0 Å². The number of nitrogens with zero attached hydrogens (tertiary/aromatic N) is 1. The SMILES string of the molecule is CC(=O)N/N=C\c1ccc(O[C@H](C)C(=O)O)cc1. The van der Waals surface area contributed by atoms with E-state index in [-0.39, 0.29) is 5.91 Å². The Balaban J connectivity index is 2.60. The second-order valence-corrected chi connectivity index (χ2v) is 3.59.